The molecule has 20 heavy (non-hydrogen) atoms. The minimum absolute atomic E-state index is 0.0489. The van der Waals surface area contributed by atoms with Crippen LogP contribution in [0.25, 0.3) is 0 Å². The average Bonchev–Trinajstić information content (AvgIpc) is 2.48. The third-order valence-electron chi connectivity index (χ3n) is 3.77. The van der Waals surface area contributed by atoms with Gasteiger partial charge in [0.15, 0.2) is 0 Å². The number of likely N-dealkylation sites (tertiary alicyclic amines) is 1. The number of amides is 1. The van der Waals surface area contributed by atoms with Gasteiger partial charge in [-0.25, -0.2) is 0 Å². The molecule has 1 fully saturated rings. The molecule has 2 rings (SSSR count). The minimum atomic E-state index is -0.235. The Morgan fingerprint density at radius 1 is 1.35 bits per heavy atom. The van der Waals surface area contributed by atoms with Gasteiger partial charge in [0.2, 0.25) is 0 Å². The third-order valence-corrected chi connectivity index (χ3v) is 3.77. The van der Waals surface area contributed by atoms with Crippen LogP contribution in [-0.2, 0) is 0 Å². The molecule has 1 aliphatic heterocycles. The first kappa shape index (κ1) is 14.7. The summed E-state index contributed by atoms with van der Waals surface area (Å²) in [5, 5.41) is 12.7. The number of ether oxygens (including phenoxy) is 1. The van der Waals surface area contributed by atoms with Gasteiger partial charge in [-0.05, 0) is 31.4 Å². The van der Waals surface area contributed by atoms with Crippen LogP contribution in [0.4, 0.5) is 0 Å². The Labute approximate surface area is 119 Å². The summed E-state index contributed by atoms with van der Waals surface area (Å²) < 4.78 is 5.00. The van der Waals surface area contributed by atoms with Gasteiger partial charge in [-0.2, -0.15) is 0 Å². The fourth-order valence-corrected chi connectivity index (χ4v) is 2.58. The van der Waals surface area contributed by atoms with Crippen molar-refractivity contribution in [2.45, 2.75) is 19.3 Å². The number of hydrogen-bond acceptors (Lipinski definition) is 3. The van der Waals surface area contributed by atoms with Crippen LogP contribution in [-0.4, -0.2) is 44.3 Å². The first-order valence-corrected chi connectivity index (χ1v) is 7.19. The van der Waals surface area contributed by atoms with Gasteiger partial charge in [0.1, 0.15) is 11.5 Å². The fraction of sp³-hybridized carbons (Fsp3) is 0.533. The molecule has 110 valence electrons. The van der Waals surface area contributed by atoms with E-state index in [-0.39, 0.29) is 11.7 Å². The van der Waals surface area contributed by atoms with E-state index < -0.39 is 0 Å². The van der Waals surface area contributed by atoms with E-state index in [0.717, 1.165) is 6.54 Å². The van der Waals surface area contributed by atoms with Gasteiger partial charge in [-0.15, -0.1) is 0 Å². The molecule has 0 unspecified atom stereocenters. The molecule has 0 atom stereocenters. The van der Waals surface area contributed by atoms with E-state index in [2.05, 4.69) is 5.32 Å². The molecule has 5 nitrogen and oxygen atoms in total. The predicted octanol–water partition coefficient (Wildman–Crippen LogP) is 0.199. The summed E-state index contributed by atoms with van der Waals surface area (Å²) in [6.45, 7) is 3.98. The number of hydrogen-bond donors (Lipinski definition) is 3. The number of methoxy groups -OCH3 is 1. The van der Waals surface area contributed by atoms with E-state index in [0.29, 0.717) is 17.9 Å². The molecule has 0 saturated carbocycles. The monoisotopic (exact) mass is 279 g/mol. The molecular weight excluding hydrogens is 256 g/mol. The normalized spacial score (nSPS) is 15.8. The number of nitrogens with one attached hydrogen (secondary N) is 2. The van der Waals surface area contributed by atoms with Gasteiger partial charge in [-0.1, -0.05) is 0 Å². The Bertz CT molecular complexity index is 456. The van der Waals surface area contributed by atoms with Crippen molar-refractivity contribution in [2.24, 2.45) is 0 Å². The second-order valence-corrected chi connectivity index (χ2v) is 5.20. The van der Waals surface area contributed by atoms with Gasteiger partial charge in [0.25, 0.3) is 5.91 Å². The standard InChI is InChI=1S/C15H22N2O3/c1-20-12-5-6-13(14(18)11-12)15(19)16-7-10-17-8-3-2-4-9-17/h5-6,11,18H,2-4,7-10H2,1H3,(H,16,19)/p+1. The van der Waals surface area contributed by atoms with Crippen LogP contribution in [0.5, 0.6) is 11.5 Å². The molecule has 1 aromatic rings. The second-order valence-electron chi connectivity index (χ2n) is 5.20. The van der Waals surface area contributed by atoms with E-state index in [9.17, 15) is 9.90 Å². The summed E-state index contributed by atoms with van der Waals surface area (Å²) in [6, 6.07) is 4.70. The van der Waals surface area contributed by atoms with Crippen LogP contribution in [0.15, 0.2) is 18.2 Å². The molecule has 1 saturated heterocycles. The lowest BCUT2D eigenvalue weighted by molar-refractivity contribution is -0.903. The van der Waals surface area contributed by atoms with Crippen molar-refractivity contribution in [1.82, 2.24) is 5.32 Å². The van der Waals surface area contributed by atoms with Crippen LogP contribution in [0, 0.1) is 0 Å². The van der Waals surface area contributed by atoms with Crippen molar-refractivity contribution in [2.75, 3.05) is 33.3 Å². The van der Waals surface area contributed by atoms with Crippen LogP contribution >= 0.6 is 0 Å². The van der Waals surface area contributed by atoms with Crippen molar-refractivity contribution in [3.05, 3.63) is 23.8 Å². The van der Waals surface area contributed by atoms with Crippen molar-refractivity contribution in [3.63, 3.8) is 0 Å². The number of carbonyl (C=O) groups is 1. The summed E-state index contributed by atoms with van der Waals surface area (Å²) in [4.78, 5) is 13.5. The maximum atomic E-state index is 12.0. The lowest BCUT2D eigenvalue weighted by Gasteiger charge is -2.23. The Morgan fingerprint density at radius 3 is 2.75 bits per heavy atom. The van der Waals surface area contributed by atoms with Crippen LogP contribution in [0.2, 0.25) is 0 Å². The average molecular weight is 279 g/mol. The summed E-state index contributed by atoms with van der Waals surface area (Å²) >= 11 is 0. The first-order valence-electron chi connectivity index (χ1n) is 7.19. The molecule has 1 aromatic carbocycles. The van der Waals surface area contributed by atoms with E-state index >= 15 is 0 Å². The van der Waals surface area contributed by atoms with E-state index in [1.54, 1.807) is 17.0 Å². The van der Waals surface area contributed by atoms with Crippen molar-refractivity contribution in [1.29, 1.82) is 0 Å². The molecule has 0 radical (unpaired) electrons. The molecule has 0 aromatic heterocycles. The number of rotatable bonds is 5. The Balaban J connectivity index is 1.82. The zero-order valence-corrected chi connectivity index (χ0v) is 11.9. The van der Waals surface area contributed by atoms with E-state index in [1.165, 1.54) is 45.5 Å². The molecule has 3 N–H and O–H groups in total. The quantitative estimate of drug-likeness (QED) is 0.721. The third kappa shape index (κ3) is 3.87. The molecule has 1 aliphatic rings. The zero-order valence-electron chi connectivity index (χ0n) is 11.9. The van der Waals surface area contributed by atoms with Gasteiger partial charge in [-0.3, -0.25) is 4.79 Å². The summed E-state index contributed by atoms with van der Waals surface area (Å²) in [7, 11) is 1.52. The van der Waals surface area contributed by atoms with Crippen LogP contribution < -0.4 is 15.0 Å². The van der Waals surface area contributed by atoms with Crippen molar-refractivity contribution < 1.29 is 19.5 Å². The summed E-state index contributed by atoms with van der Waals surface area (Å²) in [5.41, 5.74) is 0.291. The summed E-state index contributed by atoms with van der Waals surface area (Å²) in [6.07, 6.45) is 3.89. The minimum Gasteiger partial charge on any atom is -0.507 e. The van der Waals surface area contributed by atoms with Gasteiger partial charge in [0, 0.05) is 6.07 Å². The largest absolute Gasteiger partial charge is 0.507 e. The van der Waals surface area contributed by atoms with Gasteiger partial charge >= 0.3 is 0 Å². The highest BCUT2D eigenvalue weighted by Gasteiger charge is 2.15. The molecule has 5 heteroatoms. The Hall–Kier alpha value is -1.75. The smallest absolute Gasteiger partial charge is 0.255 e. The first-order chi connectivity index (χ1) is 9.70. The molecule has 0 aliphatic carbocycles. The molecule has 1 amide bonds. The lowest BCUT2D eigenvalue weighted by atomic mass is 10.1. The topological polar surface area (TPSA) is 63.0 Å². The Kier molecular flexibility index (Phi) is 5.24. The number of carbonyl (C=O) groups excluding carboxylic acids is 1. The SMILES string of the molecule is COc1ccc(C(=O)NCC[NH+]2CCCCC2)c(O)c1. The zero-order chi connectivity index (χ0) is 14.4. The fourth-order valence-electron chi connectivity index (χ4n) is 2.58. The number of phenolic OH excluding ortho intramolecular Hbond substituents is 1. The molecule has 0 bridgehead atoms. The highest BCUT2D eigenvalue weighted by molar-refractivity contribution is 5.96. The number of quaternary nitrogens is 1. The molecule has 1 heterocycles. The van der Waals surface area contributed by atoms with Gasteiger partial charge < -0.3 is 20.1 Å². The second kappa shape index (κ2) is 7.14. The highest BCUT2D eigenvalue weighted by atomic mass is 16.5. The van der Waals surface area contributed by atoms with Gasteiger partial charge in [0.05, 0.1) is 38.9 Å². The molecular formula is C15H23N2O3+. The Morgan fingerprint density at radius 2 is 2.10 bits per heavy atom. The maximum Gasteiger partial charge on any atom is 0.255 e. The van der Waals surface area contributed by atoms with Crippen molar-refractivity contribution in [3.8, 4) is 11.5 Å². The van der Waals surface area contributed by atoms with E-state index in [1.807, 2.05) is 0 Å². The van der Waals surface area contributed by atoms with Crippen molar-refractivity contribution >= 4 is 5.91 Å². The number of piperidine rings is 1. The van der Waals surface area contributed by atoms with E-state index in [4.69, 9.17) is 4.74 Å². The highest BCUT2D eigenvalue weighted by Crippen LogP contribution is 2.22. The lowest BCUT2D eigenvalue weighted by Crippen LogP contribution is -3.13. The molecule has 0 spiro atoms. The maximum absolute atomic E-state index is 12.0. The van der Waals surface area contributed by atoms with Crippen LogP contribution in [0.1, 0.15) is 29.6 Å². The number of aromatic hydroxyl groups is 1. The number of benzene rings is 1. The summed E-state index contributed by atoms with van der Waals surface area (Å²) in [5.74, 6) is 0.255. The van der Waals surface area contributed by atoms with Crippen LogP contribution in [0.3, 0.4) is 0 Å². The number of phenols is 1. The predicted molar refractivity (Wildman–Crippen MR) is 76.4 cm³/mol.